The van der Waals surface area contributed by atoms with Gasteiger partial charge >= 0.3 is 0 Å². The van der Waals surface area contributed by atoms with Crippen LogP contribution in [-0.2, 0) is 19.5 Å². The molecule has 0 fully saturated rings. The molecule has 0 aliphatic carbocycles. The number of hydrogen-bond donors (Lipinski definition) is 0. The lowest BCUT2D eigenvalue weighted by atomic mass is 10.0. The SMILES string of the molecule is COCCOCN(c1onc(C)c1C)S(=O)(=O)c1ccccc1-c1ccccc1[N+](=O)[O-]. The molecule has 2 aromatic carbocycles. The second-order valence-corrected chi connectivity index (χ2v) is 8.68. The summed E-state index contributed by atoms with van der Waals surface area (Å²) in [4.78, 5) is 10.9. The minimum atomic E-state index is -4.26. The zero-order chi connectivity index (χ0) is 23.3. The predicted octanol–water partition coefficient (Wildman–Crippen LogP) is 3.68. The average molecular weight is 461 g/mol. The lowest BCUT2D eigenvalue weighted by Crippen LogP contribution is -2.34. The van der Waals surface area contributed by atoms with Crippen LogP contribution in [0.5, 0.6) is 0 Å². The number of aryl methyl sites for hydroxylation is 1. The van der Waals surface area contributed by atoms with Crippen molar-refractivity contribution < 1.29 is 27.3 Å². The van der Waals surface area contributed by atoms with Crippen molar-refractivity contribution in [1.82, 2.24) is 5.16 Å². The zero-order valence-corrected chi connectivity index (χ0v) is 18.7. The molecule has 0 radical (unpaired) electrons. The van der Waals surface area contributed by atoms with Crippen LogP contribution in [0.2, 0.25) is 0 Å². The molecule has 0 aliphatic rings. The van der Waals surface area contributed by atoms with E-state index < -0.39 is 14.9 Å². The van der Waals surface area contributed by atoms with Gasteiger partial charge in [-0.1, -0.05) is 35.5 Å². The van der Waals surface area contributed by atoms with Crippen molar-refractivity contribution in [3.05, 3.63) is 69.9 Å². The molecule has 0 unspecified atom stereocenters. The molecule has 1 heterocycles. The standard InChI is InChI=1S/C21H23N3O7S/c1-15-16(2)22-31-21(15)23(14-30-13-12-29-3)32(27,28)20-11-7-5-9-18(20)17-8-4-6-10-19(17)24(25)26/h4-11H,12-14H2,1-3H3. The molecular weight excluding hydrogens is 438 g/mol. The van der Waals surface area contributed by atoms with Gasteiger partial charge in [-0.05, 0) is 26.0 Å². The van der Waals surface area contributed by atoms with Crippen molar-refractivity contribution in [2.75, 3.05) is 31.4 Å². The molecule has 32 heavy (non-hydrogen) atoms. The van der Waals surface area contributed by atoms with Crippen LogP contribution in [0.1, 0.15) is 11.3 Å². The molecule has 0 saturated carbocycles. The van der Waals surface area contributed by atoms with E-state index in [4.69, 9.17) is 14.0 Å². The Morgan fingerprint density at radius 1 is 1.06 bits per heavy atom. The van der Waals surface area contributed by atoms with Gasteiger partial charge in [0, 0.05) is 24.3 Å². The number of nitro benzene ring substituents is 1. The molecule has 0 saturated heterocycles. The van der Waals surface area contributed by atoms with Crippen LogP contribution in [0, 0.1) is 24.0 Å². The highest BCUT2D eigenvalue weighted by atomic mass is 32.2. The number of rotatable bonds is 10. The molecule has 0 amide bonds. The first-order valence-electron chi connectivity index (χ1n) is 9.64. The van der Waals surface area contributed by atoms with Crippen molar-refractivity contribution >= 4 is 21.6 Å². The summed E-state index contributed by atoms with van der Waals surface area (Å²) in [6.07, 6.45) is 0. The summed E-state index contributed by atoms with van der Waals surface area (Å²) in [5.74, 6) is 0.0114. The number of nitrogens with zero attached hydrogens (tertiary/aromatic N) is 3. The van der Waals surface area contributed by atoms with Gasteiger partial charge in [-0.15, -0.1) is 0 Å². The topological polar surface area (TPSA) is 125 Å². The number of nitro groups is 1. The lowest BCUT2D eigenvalue weighted by Gasteiger charge is -2.23. The highest BCUT2D eigenvalue weighted by Gasteiger charge is 2.33. The van der Waals surface area contributed by atoms with Gasteiger partial charge in [-0.3, -0.25) is 10.1 Å². The first-order chi connectivity index (χ1) is 15.3. The molecule has 1 aromatic heterocycles. The summed E-state index contributed by atoms with van der Waals surface area (Å²) in [6, 6.07) is 12.1. The molecule has 0 N–H and O–H groups in total. The summed E-state index contributed by atoms with van der Waals surface area (Å²) in [5.41, 5.74) is 1.24. The van der Waals surface area contributed by atoms with E-state index in [0.29, 0.717) is 11.3 Å². The van der Waals surface area contributed by atoms with E-state index in [-0.39, 0.29) is 47.5 Å². The van der Waals surface area contributed by atoms with Crippen molar-refractivity contribution in [2.24, 2.45) is 0 Å². The fraction of sp³-hybridized carbons (Fsp3) is 0.286. The number of sulfonamides is 1. The Morgan fingerprint density at radius 3 is 2.34 bits per heavy atom. The molecule has 0 aliphatic heterocycles. The summed E-state index contributed by atoms with van der Waals surface area (Å²) < 4.78 is 44.3. The molecule has 0 bridgehead atoms. The minimum absolute atomic E-state index is 0.0114. The molecule has 0 spiro atoms. The van der Waals surface area contributed by atoms with Crippen molar-refractivity contribution in [1.29, 1.82) is 0 Å². The lowest BCUT2D eigenvalue weighted by molar-refractivity contribution is -0.384. The number of anilines is 1. The van der Waals surface area contributed by atoms with E-state index in [9.17, 15) is 18.5 Å². The number of para-hydroxylation sites is 1. The minimum Gasteiger partial charge on any atom is -0.382 e. The maximum Gasteiger partial charge on any atom is 0.277 e. The van der Waals surface area contributed by atoms with Crippen LogP contribution >= 0.6 is 0 Å². The van der Waals surface area contributed by atoms with Crippen LogP contribution in [0.4, 0.5) is 11.6 Å². The van der Waals surface area contributed by atoms with Gasteiger partial charge in [0.2, 0.25) is 5.88 Å². The summed E-state index contributed by atoms with van der Waals surface area (Å²) >= 11 is 0. The zero-order valence-electron chi connectivity index (χ0n) is 17.8. The fourth-order valence-electron chi connectivity index (χ4n) is 3.06. The van der Waals surface area contributed by atoms with Crippen molar-refractivity contribution in [2.45, 2.75) is 18.7 Å². The van der Waals surface area contributed by atoms with Crippen LogP contribution in [-0.4, -0.2) is 45.6 Å². The molecule has 3 aromatic rings. The van der Waals surface area contributed by atoms with E-state index in [1.807, 2.05) is 0 Å². The Labute approximate surface area is 185 Å². The molecule has 3 rings (SSSR count). The van der Waals surface area contributed by atoms with Crippen LogP contribution in [0.25, 0.3) is 11.1 Å². The van der Waals surface area contributed by atoms with Gasteiger partial charge in [0.25, 0.3) is 15.7 Å². The third-order valence-electron chi connectivity index (χ3n) is 4.85. The highest BCUT2D eigenvalue weighted by Crippen LogP contribution is 2.37. The van der Waals surface area contributed by atoms with Crippen LogP contribution in [0.15, 0.2) is 57.9 Å². The van der Waals surface area contributed by atoms with Gasteiger partial charge < -0.3 is 14.0 Å². The van der Waals surface area contributed by atoms with E-state index in [0.717, 1.165) is 4.31 Å². The largest absolute Gasteiger partial charge is 0.382 e. The van der Waals surface area contributed by atoms with Gasteiger partial charge in [0.1, 0.15) is 6.73 Å². The summed E-state index contributed by atoms with van der Waals surface area (Å²) in [5, 5.41) is 15.4. The third-order valence-corrected chi connectivity index (χ3v) is 6.61. The van der Waals surface area contributed by atoms with Crippen LogP contribution < -0.4 is 4.31 Å². The smallest absolute Gasteiger partial charge is 0.277 e. The first kappa shape index (κ1) is 23.4. The Balaban J connectivity index is 2.14. The molecule has 0 atom stereocenters. The number of hydrogen-bond acceptors (Lipinski definition) is 8. The van der Waals surface area contributed by atoms with Crippen molar-refractivity contribution in [3.8, 4) is 11.1 Å². The van der Waals surface area contributed by atoms with E-state index in [1.165, 1.54) is 37.4 Å². The number of aromatic nitrogens is 1. The van der Waals surface area contributed by atoms with Crippen molar-refractivity contribution in [3.63, 3.8) is 0 Å². The Hall–Kier alpha value is -3.28. The van der Waals surface area contributed by atoms with Gasteiger partial charge in [-0.25, -0.2) is 12.7 Å². The molecule has 11 heteroatoms. The Morgan fingerprint density at radius 2 is 1.72 bits per heavy atom. The van der Waals surface area contributed by atoms with Crippen LogP contribution in [0.3, 0.4) is 0 Å². The number of methoxy groups -OCH3 is 1. The first-order valence-corrected chi connectivity index (χ1v) is 11.1. The summed E-state index contributed by atoms with van der Waals surface area (Å²) in [6.45, 7) is 3.45. The molecular formula is C21H23N3O7S. The van der Waals surface area contributed by atoms with Gasteiger partial charge in [-0.2, -0.15) is 0 Å². The maximum absolute atomic E-state index is 13.8. The van der Waals surface area contributed by atoms with E-state index in [1.54, 1.807) is 32.0 Å². The molecule has 10 nitrogen and oxygen atoms in total. The second-order valence-electron chi connectivity index (χ2n) is 6.85. The van der Waals surface area contributed by atoms with E-state index in [2.05, 4.69) is 5.16 Å². The quantitative estimate of drug-likeness (QED) is 0.194. The number of benzene rings is 2. The van der Waals surface area contributed by atoms with Gasteiger partial charge in [0.15, 0.2) is 0 Å². The predicted molar refractivity (Wildman–Crippen MR) is 117 cm³/mol. The Bertz CT molecular complexity index is 1210. The summed E-state index contributed by atoms with van der Waals surface area (Å²) in [7, 11) is -2.76. The second kappa shape index (κ2) is 9.90. The Kier molecular flexibility index (Phi) is 7.23. The highest BCUT2D eigenvalue weighted by molar-refractivity contribution is 7.93. The average Bonchev–Trinajstić information content (AvgIpc) is 3.11. The van der Waals surface area contributed by atoms with Gasteiger partial charge in [0.05, 0.1) is 34.3 Å². The fourth-order valence-corrected chi connectivity index (χ4v) is 4.60. The molecule has 170 valence electrons. The number of ether oxygens (including phenoxy) is 2. The monoisotopic (exact) mass is 461 g/mol. The third kappa shape index (κ3) is 4.64. The normalized spacial score (nSPS) is 11.5. The maximum atomic E-state index is 13.8. The van der Waals surface area contributed by atoms with E-state index >= 15 is 0 Å².